The van der Waals surface area contributed by atoms with Crippen molar-refractivity contribution in [3.63, 3.8) is 0 Å². The minimum absolute atomic E-state index is 0.376. The molecule has 5 heteroatoms. The fourth-order valence-corrected chi connectivity index (χ4v) is 2.35. The van der Waals surface area contributed by atoms with Crippen LogP contribution in [0.1, 0.15) is 18.9 Å². The average Bonchev–Trinajstić information content (AvgIpc) is 2.34. The minimum atomic E-state index is -0.845. The van der Waals surface area contributed by atoms with Crippen LogP contribution in [0.4, 0.5) is 0 Å². The van der Waals surface area contributed by atoms with E-state index in [9.17, 15) is 4.79 Å². The second kappa shape index (κ2) is 6.87. The smallest absolute Gasteiger partial charge is 0.242 e. The average molecular weight is 315 g/mol. The van der Waals surface area contributed by atoms with Crippen molar-refractivity contribution in [1.82, 2.24) is 5.32 Å². The van der Waals surface area contributed by atoms with Crippen molar-refractivity contribution in [3.8, 4) is 0 Å². The fraction of sp³-hybridized carbons (Fsp3) is 0.462. The predicted molar refractivity (Wildman–Crippen MR) is 75.2 cm³/mol. The second-order valence-corrected chi connectivity index (χ2v) is 4.97. The van der Waals surface area contributed by atoms with Crippen LogP contribution in [0.15, 0.2) is 28.7 Å². The minimum Gasteiger partial charge on any atom is -0.383 e. The lowest BCUT2D eigenvalue weighted by molar-refractivity contribution is -0.125. The summed E-state index contributed by atoms with van der Waals surface area (Å²) in [6.45, 7) is 3.04. The predicted octanol–water partition coefficient (Wildman–Crippen LogP) is 1.78. The van der Waals surface area contributed by atoms with Crippen LogP contribution in [-0.2, 0) is 15.1 Å². The van der Waals surface area contributed by atoms with Crippen molar-refractivity contribution in [2.24, 2.45) is 5.73 Å². The van der Waals surface area contributed by atoms with E-state index in [1.165, 1.54) is 0 Å². The van der Waals surface area contributed by atoms with Gasteiger partial charge in [0, 0.05) is 18.1 Å². The number of carbonyl (C=O) groups excluding carboxylic acids is 1. The zero-order valence-corrected chi connectivity index (χ0v) is 12.3. The molecule has 0 aliphatic carbocycles. The molecule has 0 aliphatic rings. The summed E-state index contributed by atoms with van der Waals surface area (Å²) in [5, 5.41) is 3.21. The van der Waals surface area contributed by atoms with Crippen molar-refractivity contribution in [1.29, 1.82) is 0 Å². The summed E-state index contributed by atoms with van der Waals surface area (Å²) >= 11 is 3.41. The van der Waals surface area contributed by atoms with Gasteiger partial charge in [-0.25, -0.2) is 0 Å². The number of methoxy groups -OCH3 is 1. The fourth-order valence-electron chi connectivity index (χ4n) is 1.96. The molecular formula is C13H19BrN2O2. The maximum atomic E-state index is 11.9. The molecule has 0 saturated heterocycles. The Kier molecular flexibility index (Phi) is 5.78. The van der Waals surface area contributed by atoms with Gasteiger partial charge < -0.3 is 10.5 Å². The van der Waals surface area contributed by atoms with Crippen LogP contribution in [0.5, 0.6) is 0 Å². The number of carbonyl (C=O) groups is 1. The molecule has 1 amide bonds. The molecule has 1 aromatic carbocycles. The lowest BCUT2D eigenvalue weighted by atomic mass is 9.86. The Morgan fingerprint density at radius 2 is 2.28 bits per heavy atom. The highest BCUT2D eigenvalue weighted by molar-refractivity contribution is 9.10. The third-order valence-electron chi connectivity index (χ3n) is 3.00. The molecule has 0 saturated carbocycles. The molecule has 1 rings (SSSR count). The highest BCUT2D eigenvalue weighted by Crippen LogP contribution is 2.27. The van der Waals surface area contributed by atoms with E-state index in [-0.39, 0.29) is 5.91 Å². The van der Waals surface area contributed by atoms with Crippen LogP contribution in [-0.4, -0.2) is 26.2 Å². The van der Waals surface area contributed by atoms with Crippen LogP contribution in [0.25, 0.3) is 0 Å². The number of primary amides is 1. The Labute approximate surface area is 116 Å². The van der Waals surface area contributed by atoms with Crippen molar-refractivity contribution in [2.75, 3.05) is 20.3 Å². The summed E-state index contributed by atoms with van der Waals surface area (Å²) < 4.78 is 5.92. The Bertz CT molecular complexity index is 412. The van der Waals surface area contributed by atoms with E-state index in [0.717, 1.165) is 10.0 Å². The second-order valence-electron chi connectivity index (χ2n) is 4.05. The van der Waals surface area contributed by atoms with Crippen LogP contribution in [0.3, 0.4) is 0 Å². The Hall–Kier alpha value is -0.910. The molecule has 0 bridgehead atoms. The third kappa shape index (κ3) is 3.31. The maximum Gasteiger partial charge on any atom is 0.242 e. The Morgan fingerprint density at radius 3 is 2.78 bits per heavy atom. The first kappa shape index (κ1) is 15.1. The molecule has 100 valence electrons. The van der Waals surface area contributed by atoms with Gasteiger partial charge >= 0.3 is 0 Å². The van der Waals surface area contributed by atoms with E-state index in [1.54, 1.807) is 7.11 Å². The molecule has 0 fully saturated rings. The van der Waals surface area contributed by atoms with E-state index in [4.69, 9.17) is 10.5 Å². The lowest BCUT2D eigenvalue weighted by Crippen LogP contribution is -2.53. The van der Waals surface area contributed by atoms with Gasteiger partial charge in [-0.05, 0) is 24.1 Å². The SMILES string of the molecule is CCC(NCCOC)(C(N)=O)c1cccc(Br)c1. The molecule has 0 aromatic heterocycles. The van der Waals surface area contributed by atoms with E-state index in [2.05, 4.69) is 21.2 Å². The molecule has 18 heavy (non-hydrogen) atoms. The quantitative estimate of drug-likeness (QED) is 0.754. The monoisotopic (exact) mass is 314 g/mol. The number of hydrogen-bond donors (Lipinski definition) is 2. The first-order valence-corrected chi connectivity index (χ1v) is 6.66. The van der Waals surface area contributed by atoms with Crippen LogP contribution < -0.4 is 11.1 Å². The molecule has 0 spiro atoms. The standard InChI is InChI=1S/C13H19BrN2O2/c1-3-13(12(15)17,16-7-8-18-2)10-5-4-6-11(14)9-10/h4-6,9,16H,3,7-8H2,1-2H3,(H2,15,17). The number of nitrogens with one attached hydrogen (secondary N) is 1. The van der Waals surface area contributed by atoms with Crippen molar-refractivity contribution >= 4 is 21.8 Å². The van der Waals surface area contributed by atoms with Crippen molar-refractivity contribution in [2.45, 2.75) is 18.9 Å². The first-order valence-electron chi connectivity index (χ1n) is 5.86. The highest BCUT2D eigenvalue weighted by atomic mass is 79.9. The number of halogens is 1. The number of ether oxygens (including phenoxy) is 1. The Morgan fingerprint density at radius 1 is 1.56 bits per heavy atom. The van der Waals surface area contributed by atoms with Crippen molar-refractivity contribution in [3.05, 3.63) is 34.3 Å². The van der Waals surface area contributed by atoms with Crippen LogP contribution >= 0.6 is 15.9 Å². The molecule has 0 heterocycles. The number of hydrogen-bond acceptors (Lipinski definition) is 3. The molecule has 1 unspecified atom stereocenters. The summed E-state index contributed by atoms with van der Waals surface area (Å²) in [6, 6.07) is 7.62. The number of nitrogens with two attached hydrogens (primary N) is 1. The summed E-state index contributed by atoms with van der Waals surface area (Å²) in [7, 11) is 1.62. The van der Waals surface area contributed by atoms with Gasteiger partial charge in [-0.3, -0.25) is 10.1 Å². The topological polar surface area (TPSA) is 64.3 Å². The number of benzene rings is 1. The number of amides is 1. The summed E-state index contributed by atoms with van der Waals surface area (Å²) in [6.07, 6.45) is 0.586. The number of rotatable bonds is 7. The van der Waals surface area contributed by atoms with Gasteiger partial charge in [0.05, 0.1) is 6.61 Å². The zero-order chi connectivity index (χ0) is 13.6. The Balaban J connectivity index is 3.06. The van der Waals surface area contributed by atoms with Gasteiger partial charge in [0.1, 0.15) is 5.54 Å². The van der Waals surface area contributed by atoms with E-state index >= 15 is 0 Å². The molecule has 1 aromatic rings. The summed E-state index contributed by atoms with van der Waals surface area (Å²) in [5.41, 5.74) is 5.61. The van der Waals surface area contributed by atoms with Crippen LogP contribution in [0, 0.1) is 0 Å². The summed E-state index contributed by atoms with van der Waals surface area (Å²) in [5.74, 6) is -0.376. The van der Waals surface area contributed by atoms with E-state index in [0.29, 0.717) is 19.6 Å². The van der Waals surface area contributed by atoms with Crippen molar-refractivity contribution < 1.29 is 9.53 Å². The van der Waals surface area contributed by atoms with Crippen LogP contribution in [0.2, 0.25) is 0 Å². The van der Waals surface area contributed by atoms with Gasteiger partial charge in [0.25, 0.3) is 0 Å². The highest BCUT2D eigenvalue weighted by Gasteiger charge is 2.36. The molecule has 4 nitrogen and oxygen atoms in total. The van der Waals surface area contributed by atoms with Gasteiger partial charge in [0.15, 0.2) is 0 Å². The molecule has 1 atom stereocenters. The molecule has 0 radical (unpaired) electrons. The third-order valence-corrected chi connectivity index (χ3v) is 3.49. The van der Waals surface area contributed by atoms with Gasteiger partial charge in [-0.2, -0.15) is 0 Å². The first-order chi connectivity index (χ1) is 8.56. The lowest BCUT2D eigenvalue weighted by Gasteiger charge is -2.31. The largest absolute Gasteiger partial charge is 0.383 e. The maximum absolute atomic E-state index is 11.9. The van der Waals surface area contributed by atoms with Gasteiger partial charge in [-0.1, -0.05) is 35.0 Å². The normalized spacial score (nSPS) is 14.2. The van der Waals surface area contributed by atoms with E-state index in [1.807, 2.05) is 31.2 Å². The van der Waals surface area contributed by atoms with Gasteiger partial charge in [-0.15, -0.1) is 0 Å². The van der Waals surface area contributed by atoms with Gasteiger partial charge in [0.2, 0.25) is 5.91 Å². The molecule has 0 aliphatic heterocycles. The molecule has 3 N–H and O–H groups in total. The summed E-state index contributed by atoms with van der Waals surface area (Å²) in [4.78, 5) is 11.9. The molecular weight excluding hydrogens is 296 g/mol. The zero-order valence-electron chi connectivity index (χ0n) is 10.7. The van der Waals surface area contributed by atoms with E-state index < -0.39 is 5.54 Å².